The molecule has 0 unspecified atom stereocenters. The molecule has 0 fully saturated rings. The molecule has 1 aromatic heterocycles. The zero-order valence-corrected chi connectivity index (χ0v) is 13.3. The summed E-state index contributed by atoms with van der Waals surface area (Å²) in [6, 6.07) is 6.02. The molecule has 1 aromatic carbocycles. The minimum absolute atomic E-state index is 0.522. The molecule has 0 atom stereocenters. The zero-order chi connectivity index (χ0) is 12.8. The first-order valence-electron chi connectivity index (χ1n) is 5.53. The van der Waals surface area contributed by atoms with Gasteiger partial charge in [-0.3, -0.25) is 0 Å². The van der Waals surface area contributed by atoms with E-state index in [9.17, 15) is 9.90 Å². The number of aromatic nitrogens is 2. The number of hydrogen-bond acceptors (Lipinski definition) is 2. The van der Waals surface area contributed by atoms with E-state index in [1.165, 1.54) is 8.15 Å². The summed E-state index contributed by atoms with van der Waals surface area (Å²) in [4.78, 5) is 22.4. The predicted octanol–water partition coefficient (Wildman–Crippen LogP) is 2.42. The molecule has 5 heteroatoms. The molecule has 2 rings (SSSR count). The van der Waals surface area contributed by atoms with Gasteiger partial charge in [-0.15, -0.1) is 0 Å². The van der Waals surface area contributed by atoms with E-state index in [-0.39, 0.29) is 0 Å². The number of imidazole rings is 1. The van der Waals surface area contributed by atoms with Gasteiger partial charge < -0.3 is 0 Å². The van der Waals surface area contributed by atoms with Crippen LogP contribution in [-0.2, 0) is 0 Å². The standard InChI is InChI=1S/C9H7N2O2.3CH3.Sn/c1-6-10-7-4-2-3-5-8(7)11(6)9(12)13;;;;/h2,4-5H,1H3,(H,12,13);3*1H3;. The van der Waals surface area contributed by atoms with E-state index in [4.69, 9.17) is 0 Å². The molecule has 0 aliphatic rings. The molecule has 0 aliphatic carbocycles. The van der Waals surface area contributed by atoms with E-state index >= 15 is 0 Å². The average Bonchev–Trinajstić information content (AvgIpc) is 2.50. The van der Waals surface area contributed by atoms with Crippen LogP contribution in [0.15, 0.2) is 18.2 Å². The number of carboxylic acid groups (broad SMARTS) is 1. The number of carbonyl (C=O) groups is 1. The Morgan fingerprint density at radius 2 is 2.00 bits per heavy atom. The Bertz CT molecular complexity index is 596. The van der Waals surface area contributed by atoms with E-state index in [1.807, 2.05) is 12.1 Å². The van der Waals surface area contributed by atoms with Crippen LogP contribution in [0.4, 0.5) is 4.79 Å². The fourth-order valence-corrected chi connectivity index (χ4v) is 5.19. The summed E-state index contributed by atoms with van der Waals surface area (Å²) in [5, 5.41) is 9.19. The van der Waals surface area contributed by atoms with Gasteiger partial charge in [0.1, 0.15) is 0 Å². The van der Waals surface area contributed by atoms with Gasteiger partial charge in [0.05, 0.1) is 0 Å². The molecule has 0 aliphatic heterocycles. The number of nitrogens with zero attached hydrogens (tertiary/aromatic N) is 2. The molecule has 0 amide bonds. The minimum atomic E-state index is -2.16. The third kappa shape index (κ3) is 2.18. The first-order chi connectivity index (χ1) is 7.80. The Hall–Kier alpha value is -1.04. The SMILES string of the molecule is Cc1nc2cc[c]([Sn]([CH3])([CH3])[CH3])cc2n1C(=O)O. The van der Waals surface area contributed by atoms with E-state index in [0.29, 0.717) is 11.3 Å². The molecular weight excluding hydrogens is 323 g/mol. The fourth-order valence-electron chi connectivity index (χ4n) is 1.90. The Morgan fingerprint density at radius 1 is 1.35 bits per heavy atom. The number of aryl methyl sites for hydroxylation is 1. The van der Waals surface area contributed by atoms with Gasteiger partial charge in [0, 0.05) is 0 Å². The van der Waals surface area contributed by atoms with Gasteiger partial charge in [-0.25, -0.2) is 0 Å². The normalized spacial score (nSPS) is 12.0. The van der Waals surface area contributed by atoms with Crippen LogP contribution in [0, 0.1) is 6.92 Å². The summed E-state index contributed by atoms with van der Waals surface area (Å²) in [5.41, 5.74) is 1.46. The quantitative estimate of drug-likeness (QED) is 0.812. The molecule has 4 nitrogen and oxygen atoms in total. The van der Waals surface area contributed by atoms with Gasteiger partial charge >= 0.3 is 104 Å². The van der Waals surface area contributed by atoms with Gasteiger partial charge in [-0.05, 0) is 0 Å². The number of hydrogen-bond donors (Lipinski definition) is 1. The van der Waals surface area contributed by atoms with Crippen molar-refractivity contribution >= 4 is 39.1 Å². The summed E-state index contributed by atoms with van der Waals surface area (Å²) < 4.78 is 2.57. The van der Waals surface area contributed by atoms with Crippen LogP contribution < -0.4 is 3.58 Å². The topological polar surface area (TPSA) is 55.1 Å². The summed E-state index contributed by atoms with van der Waals surface area (Å²) in [6.45, 7) is 1.72. The molecule has 0 radical (unpaired) electrons. The van der Waals surface area contributed by atoms with Gasteiger partial charge in [-0.2, -0.15) is 0 Å². The van der Waals surface area contributed by atoms with Gasteiger partial charge in [0.15, 0.2) is 0 Å². The molecule has 17 heavy (non-hydrogen) atoms. The third-order valence-electron chi connectivity index (χ3n) is 2.88. The third-order valence-corrected chi connectivity index (χ3v) is 8.71. The van der Waals surface area contributed by atoms with E-state index in [2.05, 4.69) is 25.9 Å². The molecule has 0 saturated carbocycles. The number of benzene rings is 1. The van der Waals surface area contributed by atoms with Crippen molar-refractivity contribution in [1.82, 2.24) is 9.55 Å². The van der Waals surface area contributed by atoms with Crippen molar-refractivity contribution in [1.29, 1.82) is 0 Å². The molecule has 90 valence electrons. The van der Waals surface area contributed by atoms with E-state index in [0.717, 1.165) is 5.52 Å². The van der Waals surface area contributed by atoms with E-state index in [1.54, 1.807) is 6.92 Å². The Balaban J connectivity index is 2.75. The van der Waals surface area contributed by atoms with Crippen molar-refractivity contribution < 1.29 is 9.90 Å². The zero-order valence-electron chi connectivity index (χ0n) is 10.5. The van der Waals surface area contributed by atoms with Crippen molar-refractivity contribution in [3.63, 3.8) is 0 Å². The second-order valence-electron chi connectivity index (χ2n) is 5.23. The van der Waals surface area contributed by atoms with Crippen molar-refractivity contribution in [2.45, 2.75) is 21.7 Å². The second kappa shape index (κ2) is 4.01. The molecular formula is C12H16N2O2Sn. The first-order valence-corrected chi connectivity index (χ1v) is 15.5. The molecule has 0 spiro atoms. The van der Waals surface area contributed by atoms with Gasteiger partial charge in [-0.1, -0.05) is 0 Å². The van der Waals surface area contributed by atoms with E-state index < -0.39 is 24.5 Å². The van der Waals surface area contributed by atoms with Crippen LogP contribution in [0.5, 0.6) is 0 Å². The fraction of sp³-hybridized carbons (Fsp3) is 0.333. The monoisotopic (exact) mass is 340 g/mol. The maximum absolute atomic E-state index is 11.2. The van der Waals surface area contributed by atoms with Gasteiger partial charge in [0.2, 0.25) is 0 Å². The molecule has 1 N–H and O–H groups in total. The van der Waals surface area contributed by atoms with Gasteiger partial charge in [0.25, 0.3) is 0 Å². The van der Waals surface area contributed by atoms with Crippen molar-refractivity contribution in [3.8, 4) is 0 Å². The molecule has 0 bridgehead atoms. The molecule has 1 heterocycles. The molecule has 2 aromatic rings. The van der Waals surface area contributed by atoms with Crippen molar-refractivity contribution in [2.24, 2.45) is 0 Å². The van der Waals surface area contributed by atoms with Crippen LogP contribution in [0.3, 0.4) is 0 Å². The average molecular weight is 339 g/mol. The predicted molar refractivity (Wildman–Crippen MR) is 70.9 cm³/mol. The molecule has 0 saturated heterocycles. The van der Waals surface area contributed by atoms with Crippen LogP contribution in [0.25, 0.3) is 11.0 Å². The van der Waals surface area contributed by atoms with Crippen molar-refractivity contribution in [2.75, 3.05) is 0 Å². The second-order valence-corrected chi connectivity index (χ2v) is 19.7. The summed E-state index contributed by atoms with van der Waals surface area (Å²) in [5.74, 6) is 0.522. The van der Waals surface area contributed by atoms with Crippen molar-refractivity contribution in [3.05, 3.63) is 24.0 Å². The number of fused-ring (bicyclic) bond motifs is 1. The van der Waals surface area contributed by atoms with Crippen LogP contribution in [-0.4, -0.2) is 39.1 Å². The summed E-state index contributed by atoms with van der Waals surface area (Å²) in [7, 11) is 0. The Kier molecular flexibility index (Phi) is 2.93. The number of rotatable bonds is 1. The maximum atomic E-state index is 11.2. The Morgan fingerprint density at radius 3 is 2.53 bits per heavy atom. The van der Waals surface area contributed by atoms with Crippen LogP contribution in [0.2, 0.25) is 14.8 Å². The first kappa shape index (κ1) is 12.4. The summed E-state index contributed by atoms with van der Waals surface area (Å²) >= 11 is -2.16. The Labute approximate surface area is 104 Å². The van der Waals surface area contributed by atoms with Crippen LogP contribution in [0.1, 0.15) is 5.82 Å². The van der Waals surface area contributed by atoms with Crippen LogP contribution >= 0.6 is 0 Å². The summed E-state index contributed by atoms with van der Waals surface area (Å²) in [6.07, 6.45) is -0.966.